The molecule has 1 atom stereocenters. The van der Waals surface area contributed by atoms with E-state index in [4.69, 9.17) is 9.72 Å². The quantitative estimate of drug-likeness (QED) is 0.321. The van der Waals surface area contributed by atoms with Crippen LogP contribution in [0.1, 0.15) is 56.9 Å². The standard InChI is InChI=1S/C23H33N3O4S2/c1-6-8-11-26-21(28)18-14(3)15(4)31-19(18)24-23(26)32-16(5)20(27)25-12-9-17(10-13-25)22(29)30-7-2/h16-17H,6-13H2,1-5H3. The number of unbranched alkanes of at least 4 members (excludes halogenated alkanes) is 1. The van der Waals surface area contributed by atoms with Crippen molar-refractivity contribution >= 4 is 45.2 Å². The normalized spacial score (nSPS) is 15.8. The van der Waals surface area contributed by atoms with Gasteiger partial charge in [0.05, 0.1) is 23.2 Å². The summed E-state index contributed by atoms with van der Waals surface area (Å²) in [5.41, 5.74) is 0.987. The lowest BCUT2D eigenvalue weighted by molar-refractivity contribution is -0.151. The fourth-order valence-electron chi connectivity index (χ4n) is 3.97. The summed E-state index contributed by atoms with van der Waals surface area (Å²) >= 11 is 2.89. The molecule has 0 spiro atoms. The van der Waals surface area contributed by atoms with Crippen molar-refractivity contribution in [1.82, 2.24) is 14.5 Å². The number of aryl methyl sites for hydroxylation is 2. The monoisotopic (exact) mass is 479 g/mol. The van der Waals surface area contributed by atoms with Gasteiger partial charge < -0.3 is 9.64 Å². The van der Waals surface area contributed by atoms with Gasteiger partial charge in [-0.1, -0.05) is 25.1 Å². The molecule has 7 nitrogen and oxygen atoms in total. The Morgan fingerprint density at radius 1 is 1.25 bits per heavy atom. The summed E-state index contributed by atoms with van der Waals surface area (Å²) in [6, 6.07) is 0. The fourth-order valence-corrected chi connectivity index (χ4v) is 6.06. The maximum absolute atomic E-state index is 13.3. The molecule has 0 aromatic carbocycles. The summed E-state index contributed by atoms with van der Waals surface area (Å²) in [5.74, 6) is -0.274. The zero-order valence-corrected chi connectivity index (χ0v) is 21.2. The first-order chi connectivity index (χ1) is 15.3. The molecule has 1 saturated heterocycles. The number of esters is 1. The number of hydrogen-bond acceptors (Lipinski definition) is 7. The van der Waals surface area contributed by atoms with Crippen LogP contribution < -0.4 is 5.56 Å². The number of hydrogen-bond donors (Lipinski definition) is 0. The average molecular weight is 480 g/mol. The van der Waals surface area contributed by atoms with E-state index in [0.29, 0.717) is 49.6 Å². The van der Waals surface area contributed by atoms with E-state index >= 15 is 0 Å². The van der Waals surface area contributed by atoms with Gasteiger partial charge in [0.1, 0.15) is 4.83 Å². The molecule has 0 N–H and O–H groups in total. The van der Waals surface area contributed by atoms with Crippen LogP contribution in [-0.2, 0) is 20.9 Å². The third kappa shape index (κ3) is 5.20. The molecule has 0 radical (unpaired) electrons. The molecular formula is C23H33N3O4S2. The van der Waals surface area contributed by atoms with Crippen LogP contribution in [0.5, 0.6) is 0 Å². The van der Waals surface area contributed by atoms with Crippen LogP contribution in [0.4, 0.5) is 0 Å². The summed E-state index contributed by atoms with van der Waals surface area (Å²) in [5, 5.41) is 0.945. The first kappa shape index (κ1) is 24.8. The van der Waals surface area contributed by atoms with Gasteiger partial charge in [-0.2, -0.15) is 0 Å². The zero-order chi connectivity index (χ0) is 23.4. The van der Waals surface area contributed by atoms with E-state index < -0.39 is 0 Å². The van der Waals surface area contributed by atoms with Gasteiger partial charge in [0.25, 0.3) is 5.56 Å². The number of ether oxygens (including phenoxy) is 1. The van der Waals surface area contributed by atoms with Crippen molar-refractivity contribution in [2.24, 2.45) is 5.92 Å². The van der Waals surface area contributed by atoms with Gasteiger partial charge in [-0.25, -0.2) is 4.98 Å². The number of thiophene rings is 1. The lowest BCUT2D eigenvalue weighted by Crippen LogP contribution is -2.43. The molecular weight excluding hydrogens is 446 g/mol. The number of piperidine rings is 1. The van der Waals surface area contributed by atoms with Gasteiger partial charge in [0.15, 0.2) is 5.16 Å². The predicted octanol–water partition coefficient (Wildman–Crippen LogP) is 4.16. The highest BCUT2D eigenvalue weighted by Crippen LogP contribution is 2.31. The molecule has 3 rings (SSSR count). The summed E-state index contributed by atoms with van der Waals surface area (Å²) in [7, 11) is 0. The van der Waals surface area contributed by atoms with Gasteiger partial charge in [-0.05, 0) is 52.5 Å². The summed E-state index contributed by atoms with van der Waals surface area (Å²) < 4.78 is 6.86. The van der Waals surface area contributed by atoms with Gasteiger partial charge >= 0.3 is 5.97 Å². The molecule has 1 fully saturated rings. The van der Waals surface area contributed by atoms with E-state index in [0.717, 1.165) is 28.1 Å². The van der Waals surface area contributed by atoms with E-state index in [1.807, 2.05) is 25.7 Å². The second-order valence-electron chi connectivity index (χ2n) is 8.28. The van der Waals surface area contributed by atoms with Crippen LogP contribution in [0, 0.1) is 19.8 Å². The van der Waals surface area contributed by atoms with Crippen LogP contribution in [0.2, 0.25) is 0 Å². The second-order valence-corrected chi connectivity index (χ2v) is 10.8. The highest BCUT2D eigenvalue weighted by atomic mass is 32.2. The average Bonchev–Trinajstić information content (AvgIpc) is 3.06. The van der Waals surface area contributed by atoms with Gasteiger partial charge in [0, 0.05) is 24.5 Å². The molecule has 2 aromatic rings. The number of carbonyl (C=O) groups excluding carboxylic acids is 2. The molecule has 1 aliphatic rings. The van der Waals surface area contributed by atoms with Gasteiger partial charge in [-0.15, -0.1) is 11.3 Å². The van der Waals surface area contributed by atoms with E-state index in [1.165, 1.54) is 23.1 Å². The lowest BCUT2D eigenvalue weighted by Gasteiger charge is -2.32. The van der Waals surface area contributed by atoms with Crippen molar-refractivity contribution in [2.45, 2.75) is 77.3 Å². The van der Waals surface area contributed by atoms with E-state index in [9.17, 15) is 14.4 Å². The molecule has 1 aliphatic heterocycles. The van der Waals surface area contributed by atoms with Crippen molar-refractivity contribution < 1.29 is 14.3 Å². The van der Waals surface area contributed by atoms with E-state index in [-0.39, 0.29) is 28.6 Å². The number of amides is 1. The van der Waals surface area contributed by atoms with Crippen molar-refractivity contribution in [3.05, 3.63) is 20.8 Å². The predicted molar refractivity (Wildman–Crippen MR) is 130 cm³/mol. The minimum atomic E-state index is -0.367. The zero-order valence-electron chi connectivity index (χ0n) is 19.6. The SMILES string of the molecule is CCCCn1c(SC(C)C(=O)N2CCC(C(=O)OCC)CC2)nc2sc(C)c(C)c2c1=O. The molecule has 0 bridgehead atoms. The lowest BCUT2D eigenvalue weighted by atomic mass is 9.97. The Bertz CT molecular complexity index is 1040. The van der Waals surface area contributed by atoms with Gasteiger partial charge in [-0.3, -0.25) is 19.0 Å². The van der Waals surface area contributed by atoms with Crippen molar-refractivity contribution in [3.63, 3.8) is 0 Å². The second kappa shape index (κ2) is 10.8. The molecule has 176 valence electrons. The van der Waals surface area contributed by atoms with E-state index in [1.54, 1.807) is 11.5 Å². The molecule has 9 heteroatoms. The van der Waals surface area contributed by atoms with E-state index in [2.05, 4.69) is 6.92 Å². The maximum Gasteiger partial charge on any atom is 0.309 e. The third-order valence-corrected chi connectivity index (χ3v) is 8.22. The van der Waals surface area contributed by atoms with Crippen LogP contribution in [0.15, 0.2) is 9.95 Å². The molecule has 2 aromatic heterocycles. The number of thioether (sulfide) groups is 1. The van der Waals surface area contributed by atoms with Gasteiger partial charge in [0.2, 0.25) is 5.91 Å². The van der Waals surface area contributed by atoms with Crippen LogP contribution in [-0.4, -0.2) is 51.3 Å². The van der Waals surface area contributed by atoms with Crippen molar-refractivity contribution in [1.29, 1.82) is 0 Å². The third-order valence-electron chi connectivity index (χ3n) is 6.05. The minimum Gasteiger partial charge on any atom is -0.466 e. The molecule has 1 amide bonds. The highest BCUT2D eigenvalue weighted by molar-refractivity contribution is 8.00. The van der Waals surface area contributed by atoms with Crippen molar-refractivity contribution in [2.75, 3.05) is 19.7 Å². The fraction of sp³-hybridized carbons (Fsp3) is 0.652. The Morgan fingerprint density at radius 3 is 2.56 bits per heavy atom. The number of aromatic nitrogens is 2. The summed E-state index contributed by atoms with van der Waals surface area (Å²) in [6.45, 7) is 11.8. The Kier molecular flexibility index (Phi) is 8.38. The molecule has 1 unspecified atom stereocenters. The first-order valence-electron chi connectivity index (χ1n) is 11.4. The Balaban J connectivity index is 1.77. The summed E-state index contributed by atoms with van der Waals surface area (Å²) in [6.07, 6.45) is 3.11. The smallest absolute Gasteiger partial charge is 0.309 e. The molecule has 0 saturated carbocycles. The first-order valence-corrected chi connectivity index (χ1v) is 13.1. The van der Waals surface area contributed by atoms with Crippen molar-refractivity contribution in [3.8, 4) is 0 Å². The largest absolute Gasteiger partial charge is 0.466 e. The topological polar surface area (TPSA) is 81.5 Å². The Hall–Kier alpha value is -1.87. The summed E-state index contributed by atoms with van der Waals surface area (Å²) in [4.78, 5) is 46.8. The number of carbonyl (C=O) groups is 2. The number of fused-ring (bicyclic) bond motifs is 1. The number of nitrogens with zero attached hydrogens (tertiary/aromatic N) is 3. The maximum atomic E-state index is 13.3. The Labute approximate surface area is 197 Å². The molecule has 3 heterocycles. The van der Waals surface area contributed by atoms with Crippen LogP contribution >= 0.6 is 23.1 Å². The molecule has 32 heavy (non-hydrogen) atoms. The highest BCUT2D eigenvalue weighted by Gasteiger charge is 2.31. The number of rotatable bonds is 8. The van der Waals surface area contributed by atoms with Crippen LogP contribution in [0.25, 0.3) is 10.2 Å². The molecule has 0 aliphatic carbocycles. The minimum absolute atomic E-state index is 0.0114. The number of likely N-dealkylation sites (tertiary alicyclic amines) is 1. The Morgan fingerprint density at radius 2 is 1.94 bits per heavy atom. The van der Waals surface area contributed by atoms with Crippen LogP contribution in [0.3, 0.4) is 0 Å².